The standard InChI is InChI=1S/C23H26N2O3S/c1-3-4-5-8-15-25-21(26)19-9-6-7-10-20(19)24-23(25)29-16-17-11-13-18(14-12-17)22(27)28-2/h6-7,9-14H,3-5,8,15-16H2,1-2H3. The number of fused-ring (bicyclic) bond motifs is 1. The summed E-state index contributed by atoms with van der Waals surface area (Å²) in [7, 11) is 1.37. The van der Waals surface area contributed by atoms with E-state index in [1.807, 2.05) is 41.0 Å². The Bertz CT molecular complexity index is 1030. The van der Waals surface area contributed by atoms with Crippen LogP contribution in [0.15, 0.2) is 58.5 Å². The fraction of sp³-hybridized carbons (Fsp3) is 0.348. The maximum absolute atomic E-state index is 13.0. The van der Waals surface area contributed by atoms with Gasteiger partial charge in [-0.05, 0) is 36.2 Å². The number of methoxy groups -OCH3 is 1. The van der Waals surface area contributed by atoms with Crippen molar-refractivity contribution in [1.29, 1.82) is 0 Å². The first-order valence-corrected chi connectivity index (χ1v) is 10.9. The van der Waals surface area contributed by atoms with Gasteiger partial charge < -0.3 is 4.74 Å². The number of hydrogen-bond donors (Lipinski definition) is 0. The van der Waals surface area contributed by atoms with Gasteiger partial charge in [0.2, 0.25) is 0 Å². The molecule has 0 fully saturated rings. The molecule has 0 aliphatic carbocycles. The molecule has 0 aliphatic rings. The molecule has 0 amide bonds. The molecule has 0 N–H and O–H groups in total. The molecule has 0 radical (unpaired) electrons. The summed E-state index contributed by atoms with van der Waals surface area (Å²) in [6.45, 7) is 2.86. The van der Waals surface area contributed by atoms with Crippen molar-refractivity contribution in [3.8, 4) is 0 Å². The first-order valence-electron chi connectivity index (χ1n) is 9.93. The number of thioether (sulfide) groups is 1. The molecule has 1 heterocycles. The van der Waals surface area contributed by atoms with Crippen LogP contribution in [0.3, 0.4) is 0 Å². The molecule has 3 rings (SSSR count). The van der Waals surface area contributed by atoms with Crippen molar-refractivity contribution in [2.75, 3.05) is 7.11 Å². The molecular weight excluding hydrogens is 384 g/mol. The highest BCUT2D eigenvalue weighted by atomic mass is 32.2. The van der Waals surface area contributed by atoms with Crippen molar-refractivity contribution < 1.29 is 9.53 Å². The zero-order chi connectivity index (χ0) is 20.6. The summed E-state index contributed by atoms with van der Waals surface area (Å²) in [6, 6.07) is 14.8. The second kappa shape index (κ2) is 10.3. The molecule has 0 aliphatic heterocycles. The minimum absolute atomic E-state index is 0.0237. The van der Waals surface area contributed by atoms with Crippen LogP contribution in [0.5, 0.6) is 0 Å². The summed E-state index contributed by atoms with van der Waals surface area (Å²) in [4.78, 5) is 29.4. The average molecular weight is 411 g/mol. The lowest BCUT2D eigenvalue weighted by Gasteiger charge is -2.13. The Balaban J connectivity index is 1.82. The monoisotopic (exact) mass is 410 g/mol. The van der Waals surface area contributed by atoms with E-state index in [0.717, 1.165) is 35.5 Å². The van der Waals surface area contributed by atoms with Gasteiger partial charge in [0.05, 0.1) is 23.6 Å². The first kappa shape index (κ1) is 21.1. The summed E-state index contributed by atoms with van der Waals surface area (Å²) in [5.41, 5.74) is 2.34. The number of esters is 1. The van der Waals surface area contributed by atoms with Gasteiger partial charge in [-0.3, -0.25) is 9.36 Å². The van der Waals surface area contributed by atoms with Crippen LogP contribution in [-0.4, -0.2) is 22.6 Å². The zero-order valence-corrected chi connectivity index (χ0v) is 17.7. The molecular formula is C23H26N2O3S. The van der Waals surface area contributed by atoms with Crippen LogP contribution in [0.1, 0.15) is 48.5 Å². The lowest BCUT2D eigenvalue weighted by molar-refractivity contribution is 0.0600. The summed E-state index contributed by atoms with van der Waals surface area (Å²) in [5.74, 6) is 0.322. The van der Waals surface area contributed by atoms with Crippen molar-refractivity contribution in [2.24, 2.45) is 0 Å². The number of rotatable bonds is 9. The van der Waals surface area contributed by atoms with Crippen LogP contribution in [0.2, 0.25) is 0 Å². The molecule has 0 saturated heterocycles. The van der Waals surface area contributed by atoms with Gasteiger partial charge in [0.1, 0.15) is 0 Å². The largest absolute Gasteiger partial charge is 0.465 e. The van der Waals surface area contributed by atoms with Gasteiger partial charge in [-0.1, -0.05) is 62.2 Å². The molecule has 0 spiro atoms. The predicted molar refractivity (Wildman–Crippen MR) is 117 cm³/mol. The highest BCUT2D eigenvalue weighted by Crippen LogP contribution is 2.23. The SMILES string of the molecule is CCCCCCn1c(SCc2ccc(C(=O)OC)cc2)nc2ccccc2c1=O. The highest BCUT2D eigenvalue weighted by Gasteiger charge is 2.12. The number of carbonyl (C=O) groups is 1. The van der Waals surface area contributed by atoms with Crippen LogP contribution < -0.4 is 5.56 Å². The van der Waals surface area contributed by atoms with Crippen molar-refractivity contribution >= 4 is 28.6 Å². The Hall–Kier alpha value is -2.60. The molecule has 0 saturated carbocycles. The Kier molecular flexibility index (Phi) is 7.47. The van der Waals surface area contributed by atoms with Gasteiger partial charge in [0, 0.05) is 12.3 Å². The maximum Gasteiger partial charge on any atom is 0.337 e. The predicted octanol–water partition coefficient (Wildman–Crippen LogP) is 5.06. The number of carbonyl (C=O) groups excluding carboxylic acids is 1. The van der Waals surface area contributed by atoms with E-state index in [-0.39, 0.29) is 11.5 Å². The average Bonchev–Trinajstić information content (AvgIpc) is 2.76. The van der Waals surface area contributed by atoms with Crippen molar-refractivity contribution in [3.05, 3.63) is 70.0 Å². The lowest BCUT2D eigenvalue weighted by atomic mass is 10.1. The van der Waals surface area contributed by atoms with E-state index < -0.39 is 0 Å². The van der Waals surface area contributed by atoms with E-state index in [1.54, 1.807) is 23.9 Å². The second-order valence-electron chi connectivity index (χ2n) is 6.91. The molecule has 152 valence electrons. The first-order chi connectivity index (χ1) is 14.1. The molecule has 29 heavy (non-hydrogen) atoms. The Morgan fingerprint density at radius 1 is 1.07 bits per heavy atom. The number of benzene rings is 2. The minimum Gasteiger partial charge on any atom is -0.465 e. The Morgan fingerprint density at radius 3 is 2.55 bits per heavy atom. The van der Waals surface area contributed by atoms with Crippen LogP contribution in [0, 0.1) is 0 Å². The smallest absolute Gasteiger partial charge is 0.337 e. The fourth-order valence-corrected chi connectivity index (χ4v) is 4.14. The van der Waals surface area contributed by atoms with Gasteiger partial charge in [0.15, 0.2) is 5.16 Å². The van der Waals surface area contributed by atoms with Crippen LogP contribution >= 0.6 is 11.8 Å². The summed E-state index contributed by atoms with van der Waals surface area (Å²) in [6.07, 6.45) is 4.41. The second-order valence-corrected chi connectivity index (χ2v) is 7.85. The van der Waals surface area contributed by atoms with E-state index in [4.69, 9.17) is 9.72 Å². The van der Waals surface area contributed by atoms with E-state index in [1.165, 1.54) is 13.5 Å². The summed E-state index contributed by atoms with van der Waals surface area (Å²) in [5, 5.41) is 1.40. The van der Waals surface area contributed by atoms with Crippen LogP contribution in [0.4, 0.5) is 0 Å². The maximum atomic E-state index is 13.0. The molecule has 5 nitrogen and oxygen atoms in total. The highest BCUT2D eigenvalue weighted by molar-refractivity contribution is 7.98. The third kappa shape index (κ3) is 5.26. The normalized spacial score (nSPS) is 11.0. The van der Waals surface area contributed by atoms with Gasteiger partial charge in [0.25, 0.3) is 5.56 Å². The van der Waals surface area contributed by atoms with Gasteiger partial charge >= 0.3 is 5.97 Å². The quantitative estimate of drug-likeness (QED) is 0.214. The molecule has 3 aromatic rings. The Labute approximate surface area is 175 Å². The zero-order valence-electron chi connectivity index (χ0n) is 16.9. The molecule has 1 aromatic heterocycles. The molecule has 0 atom stereocenters. The minimum atomic E-state index is -0.346. The van der Waals surface area contributed by atoms with Crippen LogP contribution in [0.25, 0.3) is 10.9 Å². The molecule has 2 aromatic carbocycles. The van der Waals surface area contributed by atoms with E-state index in [0.29, 0.717) is 23.2 Å². The third-order valence-electron chi connectivity index (χ3n) is 4.80. The number of para-hydroxylation sites is 1. The van der Waals surface area contributed by atoms with Gasteiger partial charge in [-0.25, -0.2) is 9.78 Å². The van der Waals surface area contributed by atoms with Gasteiger partial charge in [-0.2, -0.15) is 0 Å². The molecule has 0 bridgehead atoms. The Morgan fingerprint density at radius 2 is 1.83 bits per heavy atom. The van der Waals surface area contributed by atoms with Crippen LogP contribution in [-0.2, 0) is 17.0 Å². The van der Waals surface area contributed by atoms with E-state index in [2.05, 4.69) is 6.92 Å². The number of unbranched alkanes of at least 4 members (excludes halogenated alkanes) is 3. The summed E-state index contributed by atoms with van der Waals surface area (Å²) < 4.78 is 6.55. The molecule has 6 heteroatoms. The van der Waals surface area contributed by atoms with Crippen molar-refractivity contribution in [3.63, 3.8) is 0 Å². The fourth-order valence-electron chi connectivity index (χ4n) is 3.15. The van der Waals surface area contributed by atoms with E-state index in [9.17, 15) is 9.59 Å². The van der Waals surface area contributed by atoms with Crippen molar-refractivity contribution in [2.45, 2.75) is 50.1 Å². The van der Waals surface area contributed by atoms with Gasteiger partial charge in [-0.15, -0.1) is 0 Å². The number of hydrogen-bond acceptors (Lipinski definition) is 5. The van der Waals surface area contributed by atoms with E-state index >= 15 is 0 Å². The third-order valence-corrected chi connectivity index (χ3v) is 5.85. The number of nitrogens with zero attached hydrogens (tertiary/aromatic N) is 2. The topological polar surface area (TPSA) is 61.2 Å². The molecule has 0 unspecified atom stereocenters. The number of ether oxygens (including phenoxy) is 1. The lowest BCUT2D eigenvalue weighted by Crippen LogP contribution is -2.23. The summed E-state index contributed by atoms with van der Waals surface area (Å²) >= 11 is 1.55. The van der Waals surface area contributed by atoms with Crippen molar-refractivity contribution in [1.82, 2.24) is 9.55 Å². The number of aromatic nitrogens is 2.